The number of hydrogen-bond donors (Lipinski definition) is 0. The first-order valence-corrected chi connectivity index (χ1v) is 6.60. The molecule has 0 fully saturated rings. The predicted molar refractivity (Wildman–Crippen MR) is 76.6 cm³/mol. The first-order chi connectivity index (χ1) is 9.20. The van der Waals surface area contributed by atoms with Crippen LogP contribution >= 0.6 is 11.6 Å². The number of carbonyl (C=O) groups is 1. The van der Waals surface area contributed by atoms with E-state index in [9.17, 15) is 4.79 Å². The van der Waals surface area contributed by atoms with Crippen LogP contribution in [-0.2, 0) is 4.79 Å². The van der Waals surface area contributed by atoms with Crippen LogP contribution < -0.4 is 4.74 Å². The van der Waals surface area contributed by atoms with Crippen LogP contribution in [0.15, 0.2) is 54.6 Å². The summed E-state index contributed by atoms with van der Waals surface area (Å²) in [6.45, 7) is 1.97. The minimum atomic E-state index is -0.254. The Morgan fingerprint density at radius 3 is 2.53 bits per heavy atom. The largest absolute Gasteiger partial charge is 0.426 e. The summed E-state index contributed by atoms with van der Waals surface area (Å²) in [5.41, 5.74) is 0.969. The van der Waals surface area contributed by atoms with Gasteiger partial charge in [-0.2, -0.15) is 0 Å². The van der Waals surface area contributed by atoms with Gasteiger partial charge >= 0.3 is 5.97 Å². The van der Waals surface area contributed by atoms with E-state index in [2.05, 4.69) is 0 Å². The van der Waals surface area contributed by atoms with E-state index in [1.165, 1.54) is 0 Å². The second kappa shape index (κ2) is 6.39. The molecule has 0 bridgehead atoms. The van der Waals surface area contributed by atoms with Crippen LogP contribution in [0.5, 0.6) is 5.75 Å². The average molecular weight is 275 g/mol. The molecule has 98 valence electrons. The third kappa shape index (κ3) is 3.58. The Kier molecular flexibility index (Phi) is 4.58. The van der Waals surface area contributed by atoms with Gasteiger partial charge < -0.3 is 4.74 Å². The molecule has 0 amide bonds. The zero-order valence-corrected chi connectivity index (χ0v) is 11.4. The standard InChI is InChI=1S/C16H15ClO2/c1-2-15(12-7-4-3-5-8-12)16(18)19-14-10-6-9-13(17)11-14/h3-11,15H,2H2,1H3. The second-order valence-corrected chi connectivity index (χ2v) is 4.69. The number of carbonyl (C=O) groups excluding carboxylic acids is 1. The molecule has 1 atom stereocenters. The molecular weight excluding hydrogens is 260 g/mol. The molecule has 0 heterocycles. The summed E-state index contributed by atoms with van der Waals surface area (Å²) in [6, 6.07) is 16.5. The lowest BCUT2D eigenvalue weighted by molar-refractivity contribution is -0.136. The normalized spacial score (nSPS) is 11.9. The molecule has 0 saturated heterocycles. The van der Waals surface area contributed by atoms with E-state index in [1.54, 1.807) is 24.3 Å². The molecule has 2 aromatic carbocycles. The van der Waals surface area contributed by atoms with Crippen molar-refractivity contribution in [2.24, 2.45) is 0 Å². The molecule has 0 N–H and O–H groups in total. The Morgan fingerprint density at radius 2 is 1.89 bits per heavy atom. The van der Waals surface area contributed by atoms with E-state index in [0.29, 0.717) is 17.2 Å². The van der Waals surface area contributed by atoms with Crippen molar-refractivity contribution in [2.45, 2.75) is 19.3 Å². The molecule has 2 rings (SSSR count). The minimum Gasteiger partial charge on any atom is -0.426 e. The summed E-state index contributed by atoms with van der Waals surface area (Å²) in [7, 11) is 0. The number of halogens is 1. The zero-order chi connectivity index (χ0) is 13.7. The van der Waals surface area contributed by atoms with E-state index >= 15 is 0 Å². The Balaban J connectivity index is 2.14. The molecule has 1 unspecified atom stereocenters. The fourth-order valence-corrected chi connectivity index (χ4v) is 2.12. The molecule has 0 radical (unpaired) electrons. The summed E-state index contributed by atoms with van der Waals surface area (Å²) in [5.74, 6) is -0.0250. The molecule has 2 aromatic rings. The highest BCUT2D eigenvalue weighted by Crippen LogP contribution is 2.24. The van der Waals surface area contributed by atoms with Gasteiger partial charge in [0.15, 0.2) is 0 Å². The van der Waals surface area contributed by atoms with Gasteiger partial charge in [-0.05, 0) is 30.2 Å². The van der Waals surface area contributed by atoms with Gasteiger partial charge in [0.25, 0.3) is 0 Å². The van der Waals surface area contributed by atoms with Crippen LogP contribution in [0.4, 0.5) is 0 Å². The molecule has 0 aliphatic rings. The highest BCUT2D eigenvalue weighted by atomic mass is 35.5. The monoisotopic (exact) mass is 274 g/mol. The van der Waals surface area contributed by atoms with Crippen molar-refractivity contribution in [3.05, 3.63) is 65.2 Å². The highest BCUT2D eigenvalue weighted by Gasteiger charge is 2.20. The van der Waals surface area contributed by atoms with Gasteiger partial charge in [0.05, 0.1) is 5.92 Å². The lowest BCUT2D eigenvalue weighted by Crippen LogP contribution is -2.18. The number of benzene rings is 2. The topological polar surface area (TPSA) is 26.3 Å². The Hall–Kier alpha value is -1.80. The fraction of sp³-hybridized carbons (Fsp3) is 0.188. The lowest BCUT2D eigenvalue weighted by Gasteiger charge is -2.14. The highest BCUT2D eigenvalue weighted by molar-refractivity contribution is 6.30. The fourth-order valence-electron chi connectivity index (χ4n) is 1.94. The zero-order valence-electron chi connectivity index (χ0n) is 10.7. The number of ether oxygens (including phenoxy) is 1. The first kappa shape index (κ1) is 13.6. The van der Waals surface area contributed by atoms with Crippen molar-refractivity contribution in [3.63, 3.8) is 0 Å². The maximum atomic E-state index is 12.2. The van der Waals surface area contributed by atoms with Crippen molar-refractivity contribution >= 4 is 17.6 Å². The second-order valence-electron chi connectivity index (χ2n) is 4.25. The van der Waals surface area contributed by atoms with Gasteiger partial charge in [-0.15, -0.1) is 0 Å². The van der Waals surface area contributed by atoms with Gasteiger partial charge in [0, 0.05) is 5.02 Å². The Morgan fingerprint density at radius 1 is 1.16 bits per heavy atom. The molecular formula is C16H15ClO2. The number of rotatable bonds is 4. The molecule has 3 heteroatoms. The number of esters is 1. The van der Waals surface area contributed by atoms with Crippen LogP contribution in [0, 0.1) is 0 Å². The van der Waals surface area contributed by atoms with Crippen molar-refractivity contribution in [1.29, 1.82) is 0 Å². The summed E-state index contributed by atoms with van der Waals surface area (Å²) in [4.78, 5) is 12.2. The van der Waals surface area contributed by atoms with Crippen LogP contribution in [-0.4, -0.2) is 5.97 Å². The summed E-state index contributed by atoms with van der Waals surface area (Å²) in [6.07, 6.45) is 0.698. The van der Waals surface area contributed by atoms with Gasteiger partial charge in [0.2, 0.25) is 0 Å². The van der Waals surface area contributed by atoms with Crippen molar-refractivity contribution in [2.75, 3.05) is 0 Å². The van der Waals surface area contributed by atoms with Gasteiger partial charge in [-0.1, -0.05) is 54.9 Å². The Bertz CT molecular complexity index is 552. The predicted octanol–water partition coefficient (Wildman–Crippen LogP) is 4.44. The number of hydrogen-bond acceptors (Lipinski definition) is 2. The quantitative estimate of drug-likeness (QED) is 0.609. The summed E-state index contributed by atoms with van der Waals surface area (Å²) < 4.78 is 5.38. The SMILES string of the molecule is CCC(C(=O)Oc1cccc(Cl)c1)c1ccccc1. The maximum Gasteiger partial charge on any atom is 0.318 e. The van der Waals surface area contributed by atoms with Crippen LogP contribution in [0.1, 0.15) is 24.8 Å². The van der Waals surface area contributed by atoms with Gasteiger partial charge in [-0.3, -0.25) is 4.79 Å². The lowest BCUT2D eigenvalue weighted by atomic mass is 9.97. The van der Waals surface area contributed by atoms with E-state index in [1.807, 2.05) is 37.3 Å². The molecule has 0 aromatic heterocycles. The molecule has 0 saturated carbocycles. The van der Waals surface area contributed by atoms with Crippen LogP contribution in [0.2, 0.25) is 5.02 Å². The van der Waals surface area contributed by atoms with Crippen molar-refractivity contribution in [1.82, 2.24) is 0 Å². The minimum absolute atomic E-state index is 0.250. The smallest absolute Gasteiger partial charge is 0.318 e. The molecule has 0 aliphatic carbocycles. The van der Waals surface area contributed by atoms with Crippen molar-refractivity contribution < 1.29 is 9.53 Å². The van der Waals surface area contributed by atoms with Crippen LogP contribution in [0.3, 0.4) is 0 Å². The van der Waals surface area contributed by atoms with E-state index in [0.717, 1.165) is 5.56 Å². The summed E-state index contributed by atoms with van der Waals surface area (Å²) >= 11 is 5.87. The average Bonchev–Trinajstić information content (AvgIpc) is 2.41. The summed E-state index contributed by atoms with van der Waals surface area (Å²) in [5, 5.41) is 0.554. The van der Waals surface area contributed by atoms with Gasteiger partial charge in [-0.25, -0.2) is 0 Å². The van der Waals surface area contributed by atoms with E-state index in [4.69, 9.17) is 16.3 Å². The molecule has 19 heavy (non-hydrogen) atoms. The Labute approximate surface area is 118 Å². The first-order valence-electron chi connectivity index (χ1n) is 6.23. The van der Waals surface area contributed by atoms with E-state index in [-0.39, 0.29) is 11.9 Å². The van der Waals surface area contributed by atoms with Crippen LogP contribution in [0.25, 0.3) is 0 Å². The van der Waals surface area contributed by atoms with E-state index < -0.39 is 0 Å². The molecule has 2 nitrogen and oxygen atoms in total. The van der Waals surface area contributed by atoms with Gasteiger partial charge in [0.1, 0.15) is 5.75 Å². The maximum absolute atomic E-state index is 12.2. The van der Waals surface area contributed by atoms with Crippen molar-refractivity contribution in [3.8, 4) is 5.75 Å². The third-order valence-electron chi connectivity index (χ3n) is 2.91. The molecule has 0 aliphatic heterocycles. The third-order valence-corrected chi connectivity index (χ3v) is 3.14. The molecule has 0 spiro atoms.